The van der Waals surface area contributed by atoms with Crippen molar-refractivity contribution in [2.45, 2.75) is 32.2 Å². The lowest BCUT2D eigenvalue weighted by Crippen LogP contribution is -2.52. The molecule has 1 aliphatic heterocycles. The van der Waals surface area contributed by atoms with Gasteiger partial charge in [-0.15, -0.1) is 0 Å². The van der Waals surface area contributed by atoms with Crippen LogP contribution in [0, 0.1) is 11.7 Å². The first-order valence-electron chi connectivity index (χ1n) is 8.91. The Hall–Kier alpha value is -1.87. The average molecular weight is 435 g/mol. The lowest BCUT2D eigenvalue weighted by Gasteiger charge is -2.37. The number of rotatable bonds is 6. The molecule has 7 nitrogen and oxygen atoms in total. The van der Waals surface area contributed by atoms with Gasteiger partial charge in [-0.3, -0.25) is 13.9 Å². The van der Waals surface area contributed by atoms with Crippen molar-refractivity contribution in [3.8, 4) is 0 Å². The number of hydrogen-bond donors (Lipinski definition) is 0. The standard InChI is InChI=1S/C18H24ClFN2O5S/c1-4-16(17(23)21-9-7-12(8-10-21)18(24)27-2)22(28(3,25)26)13-5-6-15(20)14(19)11-13/h5-6,11-12,16H,4,7-10H2,1-3H3. The third kappa shape index (κ3) is 4.94. The molecule has 0 bridgehead atoms. The number of likely N-dealkylation sites (tertiary alicyclic amines) is 1. The summed E-state index contributed by atoms with van der Waals surface area (Å²) in [5.74, 6) is -1.62. The number of benzene rings is 1. The van der Waals surface area contributed by atoms with Crippen LogP contribution >= 0.6 is 11.6 Å². The molecule has 0 aliphatic carbocycles. The van der Waals surface area contributed by atoms with Crippen molar-refractivity contribution in [3.05, 3.63) is 29.0 Å². The molecule has 0 aromatic heterocycles. The van der Waals surface area contributed by atoms with Gasteiger partial charge in [-0.1, -0.05) is 18.5 Å². The van der Waals surface area contributed by atoms with Crippen LogP contribution in [0.4, 0.5) is 10.1 Å². The normalized spacial score (nSPS) is 16.5. The SMILES string of the molecule is CCC(C(=O)N1CCC(C(=O)OC)CC1)N(c1ccc(F)c(Cl)c1)S(C)(=O)=O. The van der Waals surface area contributed by atoms with Gasteiger partial charge in [0.2, 0.25) is 15.9 Å². The number of carbonyl (C=O) groups is 2. The fourth-order valence-corrected chi connectivity index (χ4v) is 4.75. The maximum atomic E-state index is 13.5. The van der Waals surface area contributed by atoms with Crippen LogP contribution in [0.1, 0.15) is 26.2 Å². The zero-order valence-electron chi connectivity index (χ0n) is 16.0. The topological polar surface area (TPSA) is 84.0 Å². The molecule has 28 heavy (non-hydrogen) atoms. The number of amides is 1. The zero-order chi connectivity index (χ0) is 21.1. The Morgan fingerprint density at radius 2 is 1.96 bits per heavy atom. The third-order valence-electron chi connectivity index (χ3n) is 4.81. The Morgan fingerprint density at radius 1 is 1.36 bits per heavy atom. The van der Waals surface area contributed by atoms with Crippen LogP contribution in [0.2, 0.25) is 5.02 Å². The van der Waals surface area contributed by atoms with E-state index in [2.05, 4.69) is 0 Å². The van der Waals surface area contributed by atoms with E-state index in [-0.39, 0.29) is 34.9 Å². The molecule has 1 aliphatic rings. The minimum Gasteiger partial charge on any atom is -0.469 e. The van der Waals surface area contributed by atoms with Gasteiger partial charge in [0.05, 0.1) is 30.0 Å². The van der Waals surface area contributed by atoms with E-state index in [1.54, 1.807) is 11.8 Å². The summed E-state index contributed by atoms with van der Waals surface area (Å²) >= 11 is 5.81. The quantitative estimate of drug-likeness (QED) is 0.642. The van der Waals surface area contributed by atoms with Crippen molar-refractivity contribution in [2.75, 3.05) is 30.8 Å². The highest BCUT2D eigenvalue weighted by atomic mass is 35.5. The van der Waals surface area contributed by atoms with Gasteiger partial charge in [-0.2, -0.15) is 0 Å². The monoisotopic (exact) mass is 434 g/mol. The van der Waals surface area contributed by atoms with Gasteiger partial charge in [0, 0.05) is 13.1 Å². The van der Waals surface area contributed by atoms with Crippen LogP contribution in [0.25, 0.3) is 0 Å². The summed E-state index contributed by atoms with van der Waals surface area (Å²) in [6.45, 7) is 2.36. The van der Waals surface area contributed by atoms with E-state index in [0.29, 0.717) is 25.9 Å². The third-order valence-corrected chi connectivity index (χ3v) is 6.28. The number of halogens is 2. The largest absolute Gasteiger partial charge is 0.469 e. The Labute approximate surface area is 169 Å². The van der Waals surface area contributed by atoms with Gasteiger partial charge in [0.15, 0.2) is 0 Å². The molecule has 1 heterocycles. The molecule has 10 heteroatoms. The minimum absolute atomic E-state index is 0.124. The second kappa shape index (κ2) is 9.09. The van der Waals surface area contributed by atoms with Gasteiger partial charge >= 0.3 is 5.97 Å². The maximum absolute atomic E-state index is 13.5. The van der Waals surface area contributed by atoms with Gasteiger partial charge in [-0.05, 0) is 37.5 Å². The Morgan fingerprint density at radius 3 is 2.43 bits per heavy atom. The zero-order valence-corrected chi connectivity index (χ0v) is 17.6. The molecule has 0 saturated carbocycles. The first-order valence-corrected chi connectivity index (χ1v) is 11.1. The van der Waals surface area contributed by atoms with Crippen molar-refractivity contribution < 1.29 is 27.1 Å². The highest BCUT2D eigenvalue weighted by Crippen LogP contribution is 2.29. The van der Waals surface area contributed by atoms with Crippen LogP contribution in [0.5, 0.6) is 0 Å². The number of nitrogens with zero attached hydrogens (tertiary/aromatic N) is 2. The van der Waals surface area contributed by atoms with E-state index < -0.39 is 21.9 Å². The molecule has 156 valence electrons. The predicted molar refractivity (Wildman–Crippen MR) is 104 cm³/mol. The molecule has 0 spiro atoms. The van der Waals surface area contributed by atoms with Crippen LogP contribution in [-0.4, -0.2) is 57.7 Å². The van der Waals surface area contributed by atoms with Crippen molar-refractivity contribution in [3.63, 3.8) is 0 Å². The van der Waals surface area contributed by atoms with Crippen molar-refractivity contribution in [1.29, 1.82) is 0 Å². The van der Waals surface area contributed by atoms with Crippen LogP contribution in [0.3, 0.4) is 0 Å². The Balaban J connectivity index is 2.28. The number of sulfonamides is 1. The molecule has 1 atom stereocenters. The molecule has 1 saturated heterocycles. The summed E-state index contributed by atoms with van der Waals surface area (Å²) in [5.41, 5.74) is 0.124. The second-order valence-corrected chi connectivity index (χ2v) is 8.97. The summed E-state index contributed by atoms with van der Waals surface area (Å²) < 4.78 is 44.1. The van der Waals surface area contributed by atoms with Gasteiger partial charge in [0.1, 0.15) is 11.9 Å². The highest BCUT2D eigenvalue weighted by molar-refractivity contribution is 7.92. The van der Waals surface area contributed by atoms with Crippen LogP contribution in [-0.2, 0) is 24.3 Å². The van der Waals surface area contributed by atoms with Crippen molar-refractivity contribution in [2.24, 2.45) is 5.92 Å². The fourth-order valence-electron chi connectivity index (χ4n) is 3.38. The smallest absolute Gasteiger partial charge is 0.308 e. The number of methoxy groups -OCH3 is 1. The summed E-state index contributed by atoms with van der Waals surface area (Å²) in [7, 11) is -2.52. The summed E-state index contributed by atoms with van der Waals surface area (Å²) in [5, 5.41) is -0.229. The number of ether oxygens (including phenoxy) is 1. The molecule has 0 radical (unpaired) electrons. The predicted octanol–water partition coefficient (Wildman–Crippen LogP) is 2.44. The number of anilines is 1. The number of hydrogen-bond acceptors (Lipinski definition) is 5. The second-order valence-electron chi connectivity index (χ2n) is 6.70. The van der Waals surface area contributed by atoms with Crippen LogP contribution < -0.4 is 4.31 Å². The molecule has 1 unspecified atom stereocenters. The van der Waals surface area contributed by atoms with Gasteiger partial charge in [0.25, 0.3) is 0 Å². The van der Waals surface area contributed by atoms with E-state index >= 15 is 0 Å². The van der Waals surface area contributed by atoms with Crippen LogP contribution in [0.15, 0.2) is 18.2 Å². The number of esters is 1. The number of carbonyl (C=O) groups excluding carboxylic acids is 2. The molecule has 1 amide bonds. The van der Waals surface area contributed by atoms with E-state index in [4.69, 9.17) is 16.3 Å². The fraction of sp³-hybridized carbons (Fsp3) is 0.556. The lowest BCUT2D eigenvalue weighted by atomic mass is 9.96. The molecule has 1 aromatic carbocycles. The summed E-state index contributed by atoms with van der Waals surface area (Å²) in [6.07, 6.45) is 2.12. The van der Waals surface area contributed by atoms with Crippen molar-refractivity contribution in [1.82, 2.24) is 4.90 Å². The maximum Gasteiger partial charge on any atom is 0.308 e. The highest BCUT2D eigenvalue weighted by Gasteiger charge is 2.36. The Bertz CT molecular complexity index is 840. The molecule has 1 fully saturated rings. The first kappa shape index (κ1) is 22.4. The van der Waals surface area contributed by atoms with Gasteiger partial charge < -0.3 is 9.64 Å². The first-order chi connectivity index (χ1) is 13.1. The molecule has 0 N–H and O–H groups in total. The Kier molecular flexibility index (Phi) is 7.28. The molecule has 2 rings (SSSR count). The summed E-state index contributed by atoms with van der Waals surface area (Å²) in [6, 6.07) is 2.54. The molecule has 1 aromatic rings. The minimum atomic E-state index is -3.84. The summed E-state index contributed by atoms with van der Waals surface area (Å²) in [4.78, 5) is 26.3. The van der Waals surface area contributed by atoms with E-state index in [0.717, 1.165) is 16.6 Å². The van der Waals surface area contributed by atoms with Gasteiger partial charge in [-0.25, -0.2) is 12.8 Å². The van der Waals surface area contributed by atoms with E-state index in [1.807, 2.05) is 0 Å². The molecular weight excluding hydrogens is 411 g/mol. The molecular formula is C18H24ClFN2O5S. The van der Waals surface area contributed by atoms with Crippen molar-refractivity contribution >= 4 is 39.2 Å². The van der Waals surface area contributed by atoms with E-state index in [1.165, 1.54) is 19.2 Å². The number of piperidine rings is 1. The lowest BCUT2D eigenvalue weighted by molar-refractivity contribution is -0.149. The van der Waals surface area contributed by atoms with E-state index in [9.17, 15) is 22.4 Å². The average Bonchev–Trinajstić information content (AvgIpc) is 2.66.